The van der Waals surface area contributed by atoms with Gasteiger partial charge in [-0.05, 0) is 38.1 Å². The summed E-state index contributed by atoms with van der Waals surface area (Å²) < 4.78 is 4.67. The third kappa shape index (κ3) is 3.81. The predicted octanol–water partition coefficient (Wildman–Crippen LogP) is 3.20. The van der Waals surface area contributed by atoms with Gasteiger partial charge in [-0.2, -0.15) is 0 Å². The van der Waals surface area contributed by atoms with Crippen LogP contribution in [0.4, 0.5) is 5.69 Å². The van der Waals surface area contributed by atoms with Gasteiger partial charge in [-0.3, -0.25) is 4.98 Å². The summed E-state index contributed by atoms with van der Waals surface area (Å²) in [6.45, 7) is 5.79. The van der Waals surface area contributed by atoms with Gasteiger partial charge in [0.05, 0.1) is 24.9 Å². The van der Waals surface area contributed by atoms with Gasteiger partial charge >= 0.3 is 5.97 Å². The maximum Gasteiger partial charge on any atom is 0.339 e. The molecule has 0 bridgehead atoms. The van der Waals surface area contributed by atoms with Crippen LogP contribution in [0.3, 0.4) is 0 Å². The van der Waals surface area contributed by atoms with E-state index in [0.29, 0.717) is 12.1 Å². The Hall–Kier alpha value is -2.36. The van der Waals surface area contributed by atoms with Crippen LogP contribution >= 0.6 is 0 Å². The van der Waals surface area contributed by atoms with Crippen molar-refractivity contribution in [2.24, 2.45) is 0 Å². The molecule has 0 radical (unpaired) electrons. The third-order valence-electron chi connectivity index (χ3n) is 3.38. The van der Waals surface area contributed by atoms with E-state index in [9.17, 15) is 4.79 Å². The van der Waals surface area contributed by atoms with Crippen molar-refractivity contribution in [3.63, 3.8) is 0 Å². The van der Waals surface area contributed by atoms with Crippen LogP contribution in [0.1, 0.15) is 28.5 Å². The van der Waals surface area contributed by atoms with E-state index in [2.05, 4.69) is 52.7 Å². The lowest BCUT2D eigenvalue weighted by Crippen LogP contribution is -2.22. The number of aryl methyl sites for hydroxylation is 1. The van der Waals surface area contributed by atoms with Crippen LogP contribution in [-0.2, 0) is 11.3 Å². The average Bonchev–Trinajstić information content (AvgIpc) is 2.53. The van der Waals surface area contributed by atoms with Crippen molar-refractivity contribution in [2.45, 2.75) is 20.4 Å². The first-order valence-electron chi connectivity index (χ1n) is 6.99. The predicted molar refractivity (Wildman–Crippen MR) is 83.5 cm³/mol. The highest BCUT2D eigenvalue weighted by Gasteiger charge is 2.08. The number of pyridine rings is 1. The summed E-state index contributed by atoms with van der Waals surface area (Å²) in [6, 6.07) is 12.0. The molecule has 0 fully saturated rings. The quantitative estimate of drug-likeness (QED) is 0.791. The first-order chi connectivity index (χ1) is 10.1. The number of hydrogen-bond acceptors (Lipinski definition) is 4. The van der Waals surface area contributed by atoms with E-state index in [0.717, 1.165) is 12.2 Å². The number of nitrogens with zero attached hydrogens (tertiary/aromatic N) is 2. The van der Waals surface area contributed by atoms with Crippen LogP contribution in [0.2, 0.25) is 0 Å². The molecule has 2 aromatic rings. The molecule has 0 spiro atoms. The lowest BCUT2D eigenvalue weighted by molar-refractivity contribution is 0.0600. The lowest BCUT2D eigenvalue weighted by atomic mass is 10.2. The van der Waals surface area contributed by atoms with Crippen LogP contribution in [0.15, 0.2) is 42.6 Å². The Kier molecular flexibility index (Phi) is 4.93. The van der Waals surface area contributed by atoms with E-state index in [-0.39, 0.29) is 5.97 Å². The number of hydrogen-bond donors (Lipinski definition) is 0. The Morgan fingerprint density at radius 3 is 2.43 bits per heavy atom. The first-order valence-corrected chi connectivity index (χ1v) is 6.99. The Morgan fingerprint density at radius 2 is 1.90 bits per heavy atom. The van der Waals surface area contributed by atoms with E-state index in [4.69, 9.17) is 0 Å². The second-order valence-corrected chi connectivity index (χ2v) is 4.88. The van der Waals surface area contributed by atoms with Crippen molar-refractivity contribution in [1.29, 1.82) is 0 Å². The summed E-state index contributed by atoms with van der Waals surface area (Å²) in [5.74, 6) is -0.361. The fraction of sp³-hybridized carbons (Fsp3) is 0.294. The molecule has 0 aliphatic heterocycles. The highest BCUT2D eigenvalue weighted by molar-refractivity contribution is 5.88. The van der Waals surface area contributed by atoms with Gasteiger partial charge in [-0.25, -0.2) is 4.79 Å². The fourth-order valence-corrected chi connectivity index (χ4v) is 2.09. The summed E-state index contributed by atoms with van der Waals surface area (Å²) >= 11 is 0. The van der Waals surface area contributed by atoms with Crippen molar-refractivity contribution < 1.29 is 9.53 Å². The largest absolute Gasteiger partial charge is 0.465 e. The minimum absolute atomic E-state index is 0.361. The third-order valence-corrected chi connectivity index (χ3v) is 3.38. The standard InChI is InChI=1S/C17H20N2O2/c1-4-19(16-9-5-13(2)6-10-16)12-15-8-7-14(11-18-15)17(20)21-3/h5-11H,4,12H2,1-3H3. The monoisotopic (exact) mass is 284 g/mol. The number of esters is 1. The van der Waals surface area contributed by atoms with Crippen LogP contribution in [0.5, 0.6) is 0 Å². The van der Waals surface area contributed by atoms with Crippen molar-refractivity contribution in [1.82, 2.24) is 4.98 Å². The zero-order valence-corrected chi connectivity index (χ0v) is 12.7. The Labute approximate surface area is 125 Å². The molecule has 21 heavy (non-hydrogen) atoms. The van der Waals surface area contributed by atoms with E-state index >= 15 is 0 Å². The number of ether oxygens (including phenoxy) is 1. The molecule has 1 heterocycles. The number of carbonyl (C=O) groups excluding carboxylic acids is 1. The molecule has 4 heteroatoms. The molecule has 0 aliphatic rings. The van der Waals surface area contributed by atoms with Crippen molar-refractivity contribution in [2.75, 3.05) is 18.6 Å². The zero-order chi connectivity index (χ0) is 15.2. The number of methoxy groups -OCH3 is 1. The van der Waals surface area contributed by atoms with Crippen LogP contribution < -0.4 is 4.90 Å². The van der Waals surface area contributed by atoms with Gasteiger partial charge in [0.25, 0.3) is 0 Å². The van der Waals surface area contributed by atoms with Crippen LogP contribution in [0.25, 0.3) is 0 Å². The van der Waals surface area contributed by atoms with E-state index in [1.165, 1.54) is 18.4 Å². The summed E-state index contributed by atoms with van der Waals surface area (Å²) in [4.78, 5) is 18.0. The van der Waals surface area contributed by atoms with Gasteiger partial charge in [-0.1, -0.05) is 17.7 Å². The molecule has 1 aromatic carbocycles. The van der Waals surface area contributed by atoms with Gasteiger partial charge in [0.2, 0.25) is 0 Å². The molecule has 0 saturated heterocycles. The molecule has 2 rings (SSSR count). The fourth-order valence-electron chi connectivity index (χ4n) is 2.09. The Bertz CT molecular complexity index is 591. The molecule has 1 aromatic heterocycles. The molecular formula is C17H20N2O2. The van der Waals surface area contributed by atoms with Gasteiger partial charge in [-0.15, -0.1) is 0 Å². The van der Waals surface area contributed by atoms with Gasteiger partial charge in [0, 0.05) is 18.4 Å². The maximum atomic E-state index is 11.4. The van der Waals surface area contributed by atoms with Crippen LogP contribution in [0, 0.1) is 6.92 Å². The molecule has 0 atom stereocenters. The van der Waals surface area contributed by atoms with Crippen molar-refractivity contribution in [3.05, 3.63) is 59.4 Å². The summed E-state index contributed by atoms with van der Waals surface area (Å²) in [7, 11) is 1.37. The molecule has 0 aliphatic carbocycles. The molecule has 4 nitrogen and oxygen atoms in total. The second kappa shape index (κ2) is 6.88. The highest BCUT2D eigenvalue weighted by Crippen LogP contribution is 2.17. The minimum atomic E-state index is -0.361. The number of benzene rings is 1. The topological polar surface area (TPSA) is 42.4 Å². The molecule has 0 N–H and O–H groups in total. The molecule has 0 amide bonds. The maximum absolute atomic E-state index is 11.4. The van der Waals surface area contributed by atoms with E-state index in [1.807, 2.05) is 6.07 Å². The smallest absolute Gasteiger partial charge is 0.339 e. The molecule has 0 saturated carbocycles. The molecule has 0 unspecified atom stereocenters. The lowest BCUT2D eigenvalue weighted by Gasteiger charge is -2.23. The normalized spacial score (nSPS) is 10.2. The summed E-state index contributed by atoms with van der Waals surface area (Å²) in [5, 5.41) is 0. The number of anilines is 1. The highest BCUT2D eigenvalue weighted by atomic mass is 16.5. The van der Waals surface area contributed by atoms with Gasteiger partial charge < -0.3 is 9.64 Å². The number of carbonyl (C=O) groups is 1. The van der Waals surface area contributed by atoms with Gasteiger partial charge in [0.15, 0.2) is 0 Å². The average molecular weight is 284 g/mol. The van der Waals surface area contributed by atoms with Gasteiger partial charge in [0.1, 0.15) is 0 Å². The number of aromatic nitrogens is 1. The Morgan fingerprint density at radius 1 is 1.19 bits per heavy atom. The summed E-state index contributed by atoms with van der Waals surface area (Å²) in [6.07, 6.45) is 1.56. The van der Waals surface area contributed by atoms with Crippen molar-refractivity contribution >= 4 is 11.7 Å². The molecule has 110 valence electrons. The van der Waals surface area contributed by atoms with E-state index in [1.54, 1.807) is 12.3 Å². The second-order valence-electron chi connectivity index (χ2n) is 4.88. The zero-order valence-electron chi connectivity index (χ0n) is 12.7. The van der Waals surface area contributed by atoms with E-state index < -0.39 is 0 Å². The summed E-state index contributed by atoms with van der Waals surface area (Å²) in [5.41, 5.74) is 3.81. The Balaban J connectivity index is 2.11. The minimum Gasteiger partial charge on any atom is -0.465 e. The number of rotatable bonds is 5. The molecular weight excluding hydrogens is 264 g/mol. The van der Waals surface area contributed by atoms with Crippen LogP contribution in [-0.4, -0.2) is 24.6 Å². The van der Waals surface area contributed by atoms with Crippen molar-refractivity contribution in [3.8, 4) is 0 Å². The first kappa shape index (κ1) is 15.0. The SMILES string of the molecule is CCN(Cc1ccc(C(=O)OC)cn1)c1ccc(C)cc1.